The highest BCUT2D eigenvalue weighted by atomic mass is 16.6. The molecule has 0 fully saturated rings. The molecule has 8 heteroatoms. The van der Waals surface area contributed by atoms with E-state index in [0.29, 0.717) is 6.42 Å². The maximum absolute atomic E-state index is 12.1. The van der Waals surface area contributed by atoms with E-state index in [-0.39, 0.29) is 23.0 Å². The van der Waals surface area contributed by atoms with Crippen LogP contribution < -0.4 is 10.1 Å². The standard InChI is InChI=1S/C20H22N2O6/c1-4-16(14-7-5-13(2)6-8-14)21-19(23)12-28-20(24)15-9-10-18(27-3)17(11-15)22(25)26/h5-11,16H,4,12H2,1-3H3,(H,21,23)/t16-/m0/s1. The number of nitrogens with zero attached hydrogens (tertiary/aromatic N) is 1. The van der Waals surface area contributed by atoms with Crippen LogP contribution in [0.2, 0.25) is 0 Å². The van der Waals surface area contributed by atoms with Crippen LogP contribution in [0.1, 0.15) is 40.9 Å². The van der Waals surface area contributed by atoms with Crippen LogP contribution in [0.3, 0.4) is 0 Å². The Morgan fingerprint density at radius 2 is 1.86 bits per heavy atom. The Hall–Kier alpha value is -3.42. The first-order valence-electron chi connectivity index (χ1n) is 8.71. The molecule has 0 aliphatic heterocycles. The zero-order valence-electron chi connectivity index (χ0n) is 15.9. The number of amides is 1. The minimum Gasteiger partial charge on any atom is -0.490 e. The van der Waals surface area contributed by atoms with Crippen molar-refractivity contribution in [2.45, 2.75) is 26.3 Å². The van der Waals surface area contributed by atoms with Crippen molar-refractivity contribution in [1.82, 2.24) is 5.32 Å². The number of benzene rings is 2. The number of nitro benzene ring substituents is 1. The average molecular weight is 386 g/mol. The number of methoxy groups -OCH3 is 1. The molecule has 0 radical (unpaired) electrons. The first-order chi connectivity index (χ1) is 13.3. The van der Waals surface area contributed by atoms with E-state index in [1.54, 1.807) is 0 Å². The van der Waals surface area contributed by atoms with Gasteiger partial charge in [0, 0.05) is 6.07 Å². The number of aryl methyl sites for hydroxylation is 1. The van der Waals surface area contributed by atoms with Gasteiger partial charge in [0.15, 0.2) is 12.4 Å². The van der Waals surface area contributed by atoms with Crippen LogP contribution in [0.5, 0.6) is 5.75 Å². The largest absolute Gasteiger partial charge is 0.490 e. The van der Waals surface area contributed by atoms with Crippen molar-refractivity contribution in [3.63, 3.8) is 0 Å². The fraction of sp³-hybridized carbons (Fsp3) is 0.300. The lowest BCUT2D eigenvalue weighted by Crippen LogP contribution is -2.32. The normalized spacial score (nSPS) is 11.4. The van der Waals surface area contributed by atoms with Gasteiger partial charge in [0.25, 0.3) is 5.91 Å². The second-order valence-corrected chi connectivity index (χ2v) is 6.16. The Bertz CT molecular complexity index is 863. The molecule has 8 nitrogen and oxygen atoms in total. The second-order valence-electron chi connectivity index (χ2n) is 6.16. The number of esters is 1. The molecule has 148 valence electrons. The number of rotatable bonds is 8. The fourth-order valence-corrected chi connectivity index (χ4v) is 2.63. The minimum atomic E-state index is -0.829. The van der Waals surface area contributed by atoms with Gasteiger partial charge in [-0.3, -0.25) is 14.9 Å². The third kappa shape index (κ3) is 5.29. The van der Waals surface area contributed by atoms with Crippen LogP contribution in [-0.2, 0) is 9.53 Å². The summed E-state index contributed by atoms with van der Waals surface area (Å²) in [6, 6.07) is 11.3. The summed E-state index contributed by atoms with van der Waals surface area (Å²) in [6.07, 6.45) is 0.674. The number of carbonyl (C=O) groups excluding carboxylic acids is 2. The van der Waals surface area contributed by atoms with Gasteiger partial charge in [-0.2, -0.15) is 0 Å². The molecule has 2 aromatic rings. The maximum Gasteiger partial charge on any atom is 0.338 e. The van der Waals surface area contributed by atoms with Crippen molar-refractivity contribution in [3.05, 3.63) is 69.3 Å². The predicted octanol–water partition coefficient (Wildman–Crippen LogP) is 3.34. The first kappa shape index (κ1) is 20.9. The lowest BCUT2D eigenvalue weighted by Gasteiger charge is -2.17. The third-order valence-corrected chi connectivity index (χ3v) is 4.17. The average Bonchev–Trinajstić information content (AvgIpc) is 2.70. The van der Waals surface area contributed by atoms with E-state index in [1.807, 2.05) is 38.1 Å². The molecule has 0 heterocycles. The summed E-state index contributed by atoms with van der Waals surface area (Å²) in [5, 5.41) is 13.9. The molecule has 0 saturated carbocycles. The molecule has 28 heavy (non-hydrogen) atoms. The fourth-order valence-electron chi connectivity index (χ4n) is 2.63. The van der Waals surface area contributed by atoms with E-state index in [1.165, 1.54) is 19.2 Å². The number of nitrogens with one attached hydrogen (secondary N) is 1. The molecule has 2 rings (SSSR count). The Morgan fingerprint density at radius 3 is 2.43 bits per heavy atom. The molecule has 0 bridgehead atoms. The highest BCUT2D eigenvalue weighted by Gasteiger charge is 2.20. The number of hydrogen-bond donors (Lipinski definition) is 1. The van der Waals surface area contributed by atoms with E-state index < -0.39 is 23.4 Å². The van der Waals surface area contributed by atoms with E-state index in [9.17, 15) is 19.7 Å². The highest BCUT2D eigenvalue weighted by molar-refractivity contribution is 5.92. The van der Waals surface area contributed by atoms with Gasteiger partial charge in [0.05, 0.1) is 23.6 Å². The molecule has 0 aromatic heterocycles. The molecule has 2 aromatic carbocycles. The van der Waals surface area contributed by atoms with Crippen LogP contribution in [0, 0.1) is 17.0 Å². The maximum atomic E-state index is 12.1. The smallest absolute Gasteiger partial charge is 0.338 e. The molecule has 1 atom stereocenters. The molecule has 1 amide bonds. The predicted molar refractivity (Wildman–Crippen MR) is 102 cm³/mol. The summed E-state index contributed by atoms with van der Waals surface area (Å²) in [7, 11) is 1.29. The molecule has 0 spiro atoms. The number of hydrogen-bond acceptors (Lipinski definition) is 6. The Labute approximate surface area is 162 Å². The summed E-state index contributed by atoms with van der Waals surface area (Å²) in [5.74, 6) is -1.25. The van der Waals surface area contributed by atoms with Crippen LogP contribution in [0.15, 0.2) is 42.5 Å². The lowest BCUT2D eigenvalue weighted by atomic mass is 10.0. The van der Waals surface area contributed by atoms with Gasteiger partial charge in [-0.1, -0.05) is 36.8 Å². The van der Waals surface area contributed by atoms with Gasteiger partial charge in [-0.05, 0) is 31.0 Å². The molecule has 0 aliphatic rings. The van der Waals surface area contributed by atoms with Gasteiger partial charge in [0.2, 0.25) is 0 Å². The summed E-state index contributed by atoms with van der Waals surface area (Å²) in [6.45, 7) is 3.43. The van der Waals surface area contributed by atoms with E-state index in [0.717, 1.165) is 17.2 Å². The van der Waals surface area contributed by atoms with Gasteiger partial charge >= 0.3 is 11.7 Å². The number of carbonyl (C=O) groups is 2. The Morgan fingerprint density at radius 1 is 1.18 bits per heavy atom. The summed E-state index contributed by atoms with van der Waals surface area (Å²) >= 11 is 0. The summed E-state index contributed by atoms with van der Waals surface area (Å²) in [5.41, 5.74) is 1.68. The van der Waals surface area contributed by atoms with Crippen LogP contribution in [0.4, 0.5) is 5.69 Å². The highest BCUT2D eigenvalue weighted by Crippen LogP contribution is 2.27. The molecular weight excluding hydrogens is 364 g/mol. The SMILES string of the molecule is CC[C@H](NC(=O)COC(=O)c1ccc(OC)c([N+](=O)[O-])c1)c1ccc(C)cc1. The van der Waals surface area contributed by atoms with Crippen molar-refractivity contribution in [3.8, 4) is 5.75 Å². The van der Waals surface area contributed by atoms with Gasteiger partial charge < -0.3 is 14.8 Å². The van der Waals surface area contributed by atoms with Crippen molar-refractivity contribution in [1.29, 1.82) is 0 Å². The molecule has 0 unspecified atom stereocenters. The van der Waals surface area contributed by atoms with Crippen molar-refractivity contribution in [2.75, 3.05) is 13.7 Å². The molecular formula is C20H22N2O6. The van der Waals surface area contributed by atoms with Gasteiger partial charge in [-0.15, -0.1) is 0 Å². The van der Waals surface area contributed by atoms with E-state index in [4.69, 9.17) is 9.47 Å². The first-order valence-corrected chi connectivity index (χ1v) is 8.71. The quantitative estimate of drug-likeness (QED) is 0.423. The monoisotopic (exact) mass is 386 g/mol. The second kappa shape index (κ2) is 9.50. The molecule has 0 saturated heterocycles. The van der Waals surface area contributed by atoms with Gasteiger partial charge in [-0.25, -0.2) is 4.79 Å². The number of ether oxygens (including phenoxy) is 2. The van der Waals surface area contributed by atoms with Crippen LogP contribution in [0.25, 0.3) is 0 Å². The van der Waals surface area contributed by atoms with Crippen LogP contribution >= 0.6 is 0 Å². The molecule has 0 aliphatic carbocycles. The minimum absolute atomic E-state index is 0.0307. The van der Waals surface area contributed by atoms with Crippen molar-refractivity contribution >= 4 is 17.6 Å². The number of nitro groups is 1. The van der Waals surface area contributed by atoms with Crippen molar-refractivity contribution in [2.24, 2.45) is 0 Å². The third-order valence-electron chi connectivity index (χ3n) is 4.17. The van der Waals surface area contributed by atoms with E-state index >= 15 is 0 Å². The Kier molecular flexibility index (Phi) is 7.08. The van der Waals surface area contributed by atoms with Crippen LogP contribution in [-0.4, -0.2) is 30.5 Å². The van der Waals surface area contributed by atoms with Gasteiger partial charge in [0.1, 0.15) is 0 Å². The summed E-state index contributed by atoms with van der Waals surface area (Å²) < 4.78 is 9.87. The van der Waals surface area contributed by atoms with Crippen molar-refractivity contribution < 1.29 is 24.0 Å². The lowest BCUT2D eigenvalue weighted by molar-refractivity contribution is -0.385. The molecule has 1 N–H and O–H groups in total. The Balaban J connectivity index is 1.98. The van der Waals surface area contributed by atoms with E-state index in [2.05, 4.69) is 5.32 Å². The topological polar surface area (TPSA) is 108 Å². The summed E-state index contributed by atoms with van der Waals surface area (Å²) in [4.78, 5) is 34.7. The zero-order chi connectivity index (χ0) is 20.7. The zero-order valence-corrected chi connectivity index (χ0v) is 15.9.